The van der Waals surface area contributed by atoms with Crippen LogP contribution in [-0.2, 0) is 4.79 Å². The Labute approximate surface area is 209 Å². The molecular weight excluding hydrogens is 387 g/mol. The fourth-order valence-electron chi connectivity index (χ4n) is 3.64. The Kier molecular flexibility index (Phi) is 27.3. The minimum Gasteiger partial charge on any atom is -1.00 e. The number of carbonyl (C=O) groups is 1. The molecule has 0 aromatic carbocycles. The number of aliphatic carboxylic acids is 1. The molecule has 0 radical (unpaired) electrons. The Morgan fingerprint density at radius 2 is 1.43 bits per heavy atom. The molecule has 0 amide bonds. The number of hydrogen-bond acceptors (Lipinski definition) is 4. The third-order valence-corrected chi connectivity index (χ3v) is 5.35. The maximum Gasteiger partial charge on any atom is 1.00 e. The summed E-state index contributed by atoms with van der Waals surface area (Å²) in [5.74, 6) is -0.872. The van der Waals surface area contributed by atoms with Crippen molar-refractivity contribution in [2.75, 3.05) is 26.2 Å². The van der Waals surface area contributed by atoms with Gasteiger partial charge in [0.2, 0.25) is 0 Å². The Morgan fingerprint density at radius 1 is 0.933 bits per heavy atom. The molecule has 1 atom stereocenters. The van der Waals surface area contributed by atoms with Gasteiger partial charge in [0.05, 0.1) is 13.2 Å². The van der Waals surface area contributed by atoms with E-state index in [4.69, 9.17) is 15.9 Å². The van der Waals surface area contributed by atoms with Crippen LogP contribution in [0.15, 0.2) is 12.2 Å². The van der Waals surface area contributed by atoms with E-state index in [0.717, 1.165) is 12.8 Å². The summed E-state index contributed by atoms with van der Waals surface area (Å²) in [4.78, 5) is 12.5. The second-order valence-electron chi connectivity index (χ2n) is 8.34. The zero-order chi connectivity index (χ0) is 21.6. The van der Waals surface area contributed by atoms with Crippen molar-refractivity contribution < 1.29 is 46.0 Å². The van der Waals surface area contributed by atoms with Gasteiger partial charge in [-0.2, -0.15) is 0 Å². The monoisotopic (exact) mass is 436 g/mol. The molecule has 4 N–H and O–H groups in total. The molecule has 0 aromatic rings. The van der Waals surface area contributed by atoms with Crippen LogP contribution < -0.4 is 35.3 Å². The van der Waals surface area contributed by atoms with E-state index in [1.54, 1.807) is 4.90 Å². The van der Waals surface area contributed by atoms with Crippen LogP contribution in [0.3, 0.4) is 0 Å². The molecule has 0 saturated heterocycles. The molecule has 1 unspecified atom stereocenters. The first-order chi connectivity index (χ1) is 14.1. The van der Waals surface area contributed by atoms with Gasteiger partial charge in [0.1, 0.15) is 0 Å². The number of carboxylic acid groups (broad SMARTS) is 1. The summed E-state index contributed by atoms with van der Waals surface area (Å²) in [6.07, 6.45) is 23.8. The molecule has 0 aliphatic rings. The smallest absolute Gasteiger partial charge is 1.00 e. The molecule has 5 nitrogen and oxygen atoms in total. The fourth-order valence-corrected chi connectivity index (χ4v) is 3.64. The van der Waals surface area contributed by atoms with Gasteiger partial charge in [0.25, 0.3) is 0 Å². The van der Waals surface area contributed by atoms with E-state index in [2.05, 4.69) is 19.1 Å². The molecule has 0 spiro atoms. The largest absolute Gasteiger partial charge is 1.00 e. The molecule has 0 heterocycles. The van der Waals surface area contributed by atoms with Crippen LogP contribution in [0.1, 0.15) is 105 Å². The van der Waals surface area contributed by atoms with E-state index < -0.39 is 5.97 Å². The molecule has 0 aromatic heterocycles. The first kappa shape index (κ1) is 32.3. The van der Waals surface area contributed by atoms with Crippen molar-refractivity contribution in [3.63, 3.8) is 0 Å². The van der Waals surface area contributed by atoms with E-state index in [1.165, 1.54) is 83.5 Å². The summed E-state index contributed by atoms with van der Waals surface area (Å²) in [6, 6.07) is -0.0160. The zero-order valence-electron chi connectivity index (χ0n) is 21.0. The predicted molar refractivity (Wildman–Crippen MR) is 124 cm³/mol. The third-order valence-electron chi connectivity index (χ3n) is 5.35. The first-order valence-electron chi connectivity index (χ1n) is 12.1. The Hall–Kier alpha value is 0.0900. The first-order valence-corrected chi connectivity index (χ1v) is 12.1. The van der Waals surface area contributed by atoms with Crippen molar-refractivity contribution in [3.05, 3.63) is 12.2 Å². The van der Waals surface area contributed by atoms with E-state index in [-0.39, 0.29) is 50.2 Å². The maximum atomic E-state index is 10.8. The van der Waals surface area contributed by atoms with Crippen molar-refractivity contribution >= 4 is 5.97 Å². The molecule has 6 heteroatoms. The van der Waals surface area contributed by atoms with Crippen molar-refractivity contribution in [1.82, 2.24) is 4.90 Å². The zero-order valence-corrected chi connectivity index (χ0v) is 22.0. The molecule has 0 aliphatic heterocycles. The number of carboxylic acids is 1. The molecule has 0 saturated carbocycles. The standard InChI is InChI=1S/C24H48N2O3.Na.H/c1-2-3-4-5-6-7-8-9-10-11-12-13-14-15-16-17-18-23(25)21-26(19-20-27)22-24(28)29;;/h9-10,23,27H,2-8,11-22,25H2,1H3,(H,28,29);;/q;+1;-1/b10-9-;;. The summed E-state index contributed by atoms with van der Waals surface area (Å²) in [5.41, 5.74) is 6.12. The molecule has 0 bridgehead atoms. The van der Waals surface area contributed by atoms with Gasteiger partial charge in [0, 0.05) is 19.1 Å². The van der Waals surface area contributed by atoms with Crippen LogP contribution >= 0.6 is 0 Å². The van der Waals surface area contributed by atoms with Gasteiger partial charge in [-0.3, -0.25) is 9.69 Å². The number of unbranched alkanes of at least 4 members (excludes halogenated alkanes) is 12. The number of rotatable bonds is 22. The minimum absolute atomic E-state index is 0. The number of nitrogens with two attached hydrogens (primary N) is 1. The summed E-state index contributed by atoms with van der Waals surface area (Å²) < 4.78 is 0. The Morgan fingerprint density at radius 3 is 1.93 bits per heavy atom. The summed E-state index contributed by atoms with van der Waals surface area (Å²) >= 11 is 0. The molecule has 0 fully saturated rings. The normalized spacial score (nSPS) is 12.4. The maximum absolute atomic E-state index is 10.8. The van der Waals surface area contributed by atoms with Crippen LogP contribution in [0.4, 0.5) is 0 Å². The molecule has 0 rings (SSSR count). The van der Waals surface area contributed by atoms with E-state index in [0.29, 0.717) is 13.1 Å². The Bertz CT molecular complexity index is 401. The van der Waals surface area contributed by atoms with Crippen LogP contribution in [0.5, 0.6) is 0 Å². The number of hydrogen-bond donors (Lipinski definition) is 3. The summed E-state index contributed by atoms with van der Waals surface area (Å²) in [7, 11) is 0. The van der Waals surface area contributed by atoms with Crippen molar-refractivity contribution in [3.8, 4) is 0 Å². The topological polar surface area (TPSA) is 86.8 Å². The average Bonchev–Trinajstić information content (AvgIpc) is 2.67. The van der Waals surface area contributed by atoms with E-state index >= 15 is 0 Å². The van der Waals surface area contributed by atoms with Gasteiger partial charge in [-0.15, -0.1) is 0 Å². The average molecular weight is 437 g/mol. The van der Waals surface area contributed by atoms with Gasteiger partial charge in [0.15, 0.2) is 0 Å². The third kappa shape index (κ3) is 24.4. The number of nitrogens with zero attached hydrogens (tertiary/aromatic N) is 1. The number of aliphatic hydroxyl groups excluding tert-OH is 1. The molecule has 30 heavy (non-hydrogen) atoms. The van der Waals surface area contributed by atoms with Gasteiger partial charge in [-0.1, -0.05) is 83.3 Å². The fraction of sp³-hybridized carbons (Fsp3) is 0.875. The summed E-state index contributed by atoms with van der Waals surface area (Å²) in [5, 5.41) is 17.9. The van der Waals surface area contributed by atoms with Crippen molar-refractivity contribution in [1.29, 1.82) is 0 Å². The Balaban J connectivity index is -0.00000392. The van der Waals surface area contributed by atoms with Gasteiger partial charge >= 0.3 is 35.5 Å². The summed E-state index contributed by atoms with van der Waals surface area (Å²) in [6.45, 7) is 3.08. The van der Waals surface area contributed by atoms with Gasteiger partial charge in [-0.05, 0) is 32.1 Å². The predicted octanol–water partition coefficient (Wildman–Crippen LogP) is 2.24. The van der Waals surface area contributed by atoms with Crippen LogP contribution in [-0.4, -0.2) is 53.4 Å². The second kappa shape index (κ2) is 25.4. The van der Waals surface area contributed by atoms with Crippen LogP contribution in [0.25, 0.3) is 0 Å². The van der Waals surface area contributed by atoms with Crippen molar-refractivity contribution in [2.24, 2.45) is 5.73 Å². The van der Waals surface area contributed by atoms with Gasteiger partial charge < -0.3 is 17.4 Å². The molecule has 0 aliphatic carbocycles. The number of allylic oxidation sites excluding steroid dienone is 2. The van der Waals surface area contributed by atoms with E-state index in [9.17, 15) is 4.79 Å². The van der Waals surface area contributed by atoms with Crippen LogP contribution in [0, 0.1) is 0 Å². The quantitative estimate of drug-likeness (QED) is 0.138. The van der Waals surface area contributed by atoms with Crippen molar-refractivity contribution in [2.45, 2.75) is 109 Å². The van der Waals surface area contributed by atoms with Crippen LogP contribution in [0.2, 0.25) is 0 Å². The minimum atomic E-state index is -0.872. The number of aliphatic hydroxyl groups is 1. The SMILES string of the molecule is CCCCCCCC/C=C\CCCCCCCCC(N)CN(CCO)CC(=O)O.[H-].[Na+]. The second-order valence-corrected chi connectivity index (χ2v) is 8.34. The molecular formula is C24H49N2NaO3. The van der Waals surface area contributed by atoms with E-state index in [1.807, 2.05) is 0 Å². The molecule has 174 valence electrons. The van der Waals surface area contributed by atoms with Gasteiger partial charge in [-0.25, -0.2) is 0 Å².